The molecule has 0 N–H and O–H groups in total. The Hall–Kier alpha value is -0.330. The van der Waals surface area contributed by atoms with E-state index < -0.39 is 0 Å². The first-order valence-electron chi connectivity index (χ1n) is 3.84. The van der Waals surface area contributed by atoms with Gasteiger partial charge in [-0.1, -0.05) is 26.2 Å². The lowest BCUT2D eigenvalue weighted by Crippen LogP contribution is -2.14. The van der Waals surface area contributed by atoms with Gasteiger partial charge in [0.1, 0.15) is 5.78 Å². The van der Waals surface area contributed by atoms with E-state index in [0.29, 0.717) is 5.78 Å². The average Bonchev–Trinajstić information content (AvgIpc) is 1.78. The van der Waals surface area contributed by atoms with Gasteiger partial charge in [0.2, 0.25) is 0 Å². The zero-order valence-electron chi connectivity index (χ0n) is 6.02. The fourth-order valence-corrected chi connectivity index (χ4v) is 1.16. The molecule has 52 valence electrons. The molecule has 1 rings (SSSR count). The van der Waals surface area contributed by atoms with Crippen LogP contribution in [0.2, 0.25) is 0 Å². The lowest BCUT2D eigenvalue weighted by molar-refractivity contribution is -0.120. The van der Waals surface area contributed by atoms with E-state index in [1.165, 1.54) is 19.3 Å². The first-order valence-corrected chi connectivity index (χ1v) is 3.84. The molecule has 1 saturated carbocycles. The summed E-state index contributed by atoms with van der Waals surface area (Å²) in [5.41, 5.74) is 0. The van der Waals surface area contributed by atoms with Crippen LogP contribution in [0.5, 0.6) is 0 Å². The topological polar surface area (TPSA) is 17.1 Å². The molecular weight excluding hydrogens is 112 g/mol. The molecule has 1 fully saturated rings. The second-order valence-electron chi connectivity index (χ2n) is 2.89. The van der Waals surface area contributed by atoms with E-state index in [1.54, 1.807) is 0 Å². The van der Waals surface area contributed by atoms with Crippen molar-refractivity contribution in [3.63, 3.8) is 0 Å². The molecule has 0 atom stereocenters. The highest BCUT2D eigenvalue weighted by molar-refractivity contribution is 5.78. The SMILES string of the molecule is CCC(=O)CC1CCC1. The minimum atomic E-state index is 0.444. The van der Waals surface area contributed by atoms with Gasteiger partial charge in [-0.15, -0.1) is 0 Å². The highest BCUT2D eigenvalue weighted by atomic mass is 16.1. The molecule has 0 saturated heterocycles. The fraction of sp³-hybridized carbons (Fsp3) is 0.875. The second-order valence-corrected chi connectivity index (χ2v) is 2.89. The molecule has 1 nitrogen and oxygen atoms in total. The van der Waals surface area contributed by atoms with Gasteiger partial charge in [-0.05, 0) is 5.92 Å². The van der Waals surface area contributed by atoms with Crippen LogP contribution in [0.3, 0.4) is 0 Å². The molecule has 1 aliphatic rings. The highest BCUT2D eigenvalue weighted by Gasteiger charge is 2.19. The fourth-order valence-electron chi connectivity index (χ4n) is 1.16. The monoisotopic (exact) mass is 126 g/mol. The van der Waals surface area contributed by atoms with Crippen molar-refractivity contribution in [2.24, 2.45) is 5.92 Å². The summed E-state index contributed by atoms with van der Waals surface area (Å²) in [4.78, 5) is 10.8. The van der Waals surface area contributed by atoms with Gasteiger partial charge in [0.05, 0.1) is 0 Å². The highest BCUT2D eigenvalue weighted by Crippen LogP contribution is 2.29. The number of carbonyl (C=O) groups is 1. The number of hydrogen-bond donors (Lipinski definition) is 0. The maximum Gasteiger partial charge on any atom is 0.132 e. The summed E-state index contributed by atoms with van der Waals surface area (Å²) >= 11 is 0. The number of ketones is 1. The van der Waals surface area contributed by atoms with Crippen LogP contribution in [0, 0.1) is 5.92 Å². The van der Waals surface area contributed by atoms with E-state index in [2.05, 4.69) is 0 Å². The molecule has 0 heterocycles. The summed E-state index contributed by atoms with van der Waals surface area (Å²) in [5, 5.41) is 0. The second kappa shape index (κ2) is 3.00. The van der Waals surface area contributed by atoms with Crippen molar-refractivity contribution in [1.82, 2.24) is 0 Å². The molecule has 1 aliphatic carbocycles. The van der Waals surface area contributed by atoms with Gasteiger partial charge in [0.15, 0.2) is 0 Å². The Labute approximate surface area is 56.4 Å². The minimum Gasteiger partial charge on any atom is -0.300 e. The molecule has 1 heteroatoms. The maximum atomic E-state index is 10.8. The van der Waals surface area contributed by atoms with Gasteiger partial charge < -0.3 is 0 Å². The number of Topliss-reactive ketones (excluding diaryl/α,β-unsaturated/α-hetero) is 1. The minimum absolute atomic E-state index is 0.444. The van der Waals surface area contributed by atoms with Crippen molar-refractivity contribution in [3.05, 3.63) is 0 Å². The van der Waals surface area contributed by atoms with Crippen LogP contribution in [0.15, 0.2) is 0 Å². The summed E-state index contributed by atoms with van der Waals surface area (Å²) in [6.45, 7) is 1.95. The van der Waals surface area contributed by atoms with Crippen LogP contribution in [0.1, 0.15) is 39.0 Å². The Balaban J connectivity index is 2.09. The van der Waals surface area contributed by atoms with Crippen molar-refractivity contribution < 1.29 is 4.79 Å². The Morgan fingerprint density at radius 3 is 2.56 bits per heavy atom. The number of hydrogen-bond acceptors (Lipinski definition) is 1. The quantitative estimate of drug-likeness (QED) is 0.566. The van der Waals surface area contributed by atoms with Gasteiger partial charge in [-0.2, -0.15) is 0 Å². The van der Waals surface area contributed by atoms with Gasteiger partial charge in [-0.25, -0.2) is 0 Å². The van der Waals surface area contributed by atoms with Crippen molar-refractivity contribution in [1.29, 1.82) is 0 Å². The van der Waals surface area contributed by atoms with Crippen LogP contribution in [-0.4, -0.2) is 5.78 Å². The molecule has 0 aromatic rings. The van der Waals surface area contributed by atoms with E-state index in [-0.39, 0.29) is 0 Å². The van der Waals surface area contributed by atoms with E-state index >= 15 is 0 Å². The molecule has 0 radical (unpaired) electrons. The summed E-state index contributed by atoms with van der Waals surface area (Å²) in [7, 11) is 0. The largest absolute Gasteiger partial charge is 0.300 e. The van der Waals surface area contributed by atoms with Gasteiger partial charge in [-0.3, -0.25) is 4.79 Å². The van der Waals surface area contributed by atoms with Crippen LogP contribution in [-0.2, 0) is 4.79 Å². The van der Waals surface area contributed by atoms with Crippen LogP contribution < -0.4 is 0 Å². The molecule has 0 aliphatic heterocycles. The molecule has 0 bridgehead atoms. The van der Waals surface area contributed by atoms with Gasteiger partial charge in [0.25, 0.3) is 0 Å². The number of rotatable bonds is 3. The third kappa shape index (κ3) is 1.81. The summed E-state index contributed by atoms with van der Waals surface area (Å²) in [6.07, 6.45) is 5.53. The Bertz CT molecular complexity index is 103. The van der Waals surface area contributed by atoms with E-state index in [1.807, 2.05) is 6.92 Å². The molecule has 0 aromatic carbocycles. The summed E-state index contributed by atoms with van der Waals surface area (Å²) in [6, 6.07) is 0. The third-order valence-corrected chi connectivity index (χ3v) is 2.14. The van der Waals surface area contributed by atoms with Crippen molar-refractivity contribution in [2.75, 3.05) is 0 Å². The first-order chi connectivity index (χ1) is 4.33. The third-order valence-electron chi connectivity index (χ3n) is 2.14. The average molecular weight is 126 g/mol. The molecule has 9 heavy (non-hydrogen) atoms. The van der Waals surface area contributed by atoms with Crippen LogP contribution in [0.4, 0.5) is 0 Å². The molecule has 0 amide bonds. The zero-order chi connectivity index (χ0) is 6.69. The summed E-state index contributed by atoms with van der Waals surface area (Å²) < 4.78 is 0. The molecule has 0 unspecified atom stereocenters. The normalized spacial score (nSPS) is 19.2. The standard InChI is InChI=1S/C8H14O/c1-2-8(9)6-7-4-3-5-7/h7H,2-6H2,1H3. The first kappa shape index (κ1) is 6.79. The Morgan fingerprint density at radius 1 is 1.56 bits per heavy atom. The van der Waals surface area contributed by atoms with E-state index in [4.69, 9.17) is 0 Å². The van der Waals surface area contributed by atoms with Crippen LogP contribution in [0.25, 0.3) is 0 Å². The van der Waals surface area contributed by atoms with Crippen molar-refractivity contribution in [2.45, 2.75) is 39.0 Å². The lowest BCUT2D eigenvalue weighted by atomic mass is 9.81. The Morgan fingerprint density at radius 2 is 2.22 bits per heavy atom. The van der Waals surface area contributed by atoms with Crippen molar-refractivity contribution in [3.8, 4) is 0 Å². The maximum absolute atomic E-state index is 10.8. The van der Waals surface area contributed by atoms with Crippen LogP contribution >= 0.6 is 0 Å². The predicted octanol–water partition coefficient (Wildman–Crippen LogP) is 2.16. The molecule has 0 spiro atoms. The lowest BCUT2D eigenvalue weighted by Gasteiger charge is -2.23. The smallest absolute Gasteiger partial charge is 0.132 e. The van der Waals surface area contributed by atoms with E-state index in [0.717, 1.165) is 18.8 Å². The van der Waals surface area contributed by atoms with Gasteiger partial charge >= 0.3 is 0 Å². The summed E-state index contributed by atoms with van der Waals surface area (Å²) in [5.74, 6) is 1.21. The number of carbonyl (C=O) groups excluding carboxylic acids is 1. The predicted molar refractivity (Wildman–Crippen MR) is 37.3 cm³/mol. The van der Waals surface area contributed by atoms with Gasteiger partial charge in [0, 0.05) is 12.8 Å². The molecular formula is C8H14O. The zero-order valence-corrected chi connectivity index (χ0v) is 6.02. The molecule has 0 aromatic heterocycles. The Kier molecular flexibility index (Phi) is 2.26. The van der Waals surface area contributed by atoms with Crippen molar-refractivity contribution >= 4 is 5.78 Å². The van der Waals surface area contributed by atoms with E-state index in [9.17, 15) is 4.79 Å².